The molecular weight excluding hydrogens is 380 g/mol. The predicted octanol–water partition coefficient (Wildman–Crippen LogP) is 3.69. The Hall–Kier alpha value is -3.74. The van der Waals surface area contributed by atoms with Crippen molar-refractivity contribution in [2.45, 2.75) is 19.4 Å². The Morgan fingerprint density at radius 3 is 2.30 bits per heavy atom. The number of carbonyl (C=O) groups is 2. The summed E-state index contributed by atoms with van der Waals surface area (Å²) in [5.41, 5.74) is 2.22. The van der Waals surface area contributed by atoms with Gasteiger partial charge in [0.2, 0.25) is 0 Å². The number of amides is 1. The van der Waals surface area contributed by atoms with E-state index in [1.54, 1.807) is 36.4 Å². The molecule has 1 N–H and O–H groups in total. The van der Waals surface area contributed by atoms with Gasteiger partial charge in [0.1, 0.15) is 6.61 Å². The van der Waals surface area contributed by atoms with Crippen LogP contribution >= 0.6 is 0 Å². The smallest absolute Gasteiger partial charge is 0.359 e. The van der Waals surface area contributed by atoms with Gasteiger partial charge in [-0.15, -0.1) is 10.2 Å². The molecule has 2 heterocycles. The van der Waals surface area contributed by atoms with Gasteiger partial charge in [0.25, 0.3) is 5.91 Å². The van der Waals surface area contributed by atoms with Crippen molar-refractivity contribution >= 4 is 23.4 Å². The molecule has 1 aliphatic heterocycles. The standard InChI is InChI=1S/C23H22N4O3/c28-22(24-19-6-2-1-3-7-19)18-10-8-17(9-11-18)16-30-23(29)20-12-13-21(26-25-20)27-14-4-5-15-27/h1-3,6-13H,4-5,14-16H2,(H,24,28). The molecule has 0 saturated carbocycles. The van der Waals surface area contributed by atoms with E-state index in [9.17, 15) is 9.59 Å². The minimum Gasteiger partial charge on any atom is -0.456 e. The maximum atomic E-state index is 12.3. The maximum Gasteiger partial charge on any atom is 0.359 e. The van der Waals surface area contributed by atoms with Crippen LogP contribution in [0.1, 0.15) is 39.3 Å². The molecule has 0 bridgehead atoms. The molecule has 0 aliphatic carbocycles. The first kappa shape index (κ1) is 19.6. The summed E-state index contributed by atoms with van der Waals surface area (Å²) in [7, 11) is 0. The summed E-state index contributed by atoms with van der Waals surface area (Å²) in [4.78, 5) is 26.7. The van der Waals surface area contributed by atoms with Crippen molar-refractivity contribution in [3.8, 4) is 0 Å². The molecule has 7 nitrogen and oxygen atoms in total. The van der Waals surface area contributed by atoms with Gasteiger partial charge in [-0.2, -0.15) is 0 Å². The highest BCUT2D eigenvalue weighted by molar-refractivity contribution is 6.04. The second-order valence-electron chi connectivity index (χ2n) is 7.06. The van der Waals surface area contributed by atoms with Gasteiger partial charge in [0, 0.05) is 24.3 Å². The summed E-state index contributed by atoms with van der Waals surface area (Å²) < 4.78 is 5.32. The van der Waals surface area contributed by atoms with Crippen molar-refractivity contribution in [1.29, 1.82) is 0 Å². The number of rotatable bonds is 6. The van der Waals surface area contributed by atoms with Crippen LogP contribution in [-0.2, 0) is 11.3 Å². The van der Waals surface area contributed by atoms with Crippen LogP contribution in [0.5, 0.6) is 0 Å². The lowest BCUT2D eigenvalue weighted by Crippen LogP contribution is -2.20. The molecule has 1 saturated heterocycles. The largest absolute Gasteiger partial charge is 0.456 e. The molecule has 152 valence electrons. The number of ether oxygens (including phenoxy) is 1. The number of anilines is 2. The van der Waals surface area contributed by atoms with Crippen molar-refractivity contribution in [2.75, 3.05) is 23.3 Å². The third kappa shape index (κ3) is 4.81. The molecule has 2 aromatic carbocycles. The fourth-order valence-corrected chi connectivity index (χ4v) is 3.25. The second kappa shape index (κ2) is 9.17. The fraction of sp³-hybridized carbons (Fsp3) is 0.217. The molecule has 30 heavy (non-hydrogen) atoms. The van der Waals surface area contributed by atoms with Gasteiger partial charge in [-0.25, -0.2) is 4.79 Å². The lowest BCUT2D eigenvalue weighted by atomic mass is 10.1. The number of nitrogens with one attached hydrogen (secondary N) is 1. The monoisotopic (exact) mass is 402 g/mol. The molecular formula is C23H22N4O3. The Labute approximate surface area is 174 Å². The van der Waals surface area contributed by atoms with E-state index in [1.165, 1.54) is 0 Å². The van der Waals surface area contributed by atoms with Crippen LogP contribution in [-0.4, -0.2) is 35.2 Å². The van der Waals surface area contributed by atoms with Gasteiger partial charge in [-0.1, -0.05) is 30.3 Å². The Balaban J connectivity index is 1.30. The molecule has 7 heteroatoms. The molecule has 3 aromatic rings. The number of aromatic nitrogens is 2. The van der Waals surface area contributed by atoms with E-state index >= 15 is 0 Å². The summed E-state index contributed by atoms with van der Waals surface area (Å²) in [5, 5.41) is 11.0. The molecule has 0 spiro atoms. The Bertz CT molecular complexity index is 999. The Morgan fingerprint density at radius 2 is 1.63 bits per heavy atom. The summed E-state index contributed by atoms with van der Waals surface area (Å²) >= 11 is 0. The quantitative estimate of drug-likeness (QED) is 0.633. The molecule has 1 fully saturated rings. The zero-order valence-corrected chi connectivity index (χ0v) is 16.5. The molecule has 1 aromatic heterocycles. The molecule has 0 unspecified atom stereocenters. The summed E-state index contributed by atoms with van der Waals surface area (Å²) in [6, 6.07) is 19.6. The topological polar surface area (TPSA) is 84.4 Å². The third-order valence-electron chi connectivity index (χ3n) is 4.91. The first-order valence-electron chi connectivity index (χ1n) is 9.90. The van der Waals surface area contributed by atoms with E-state index in [0.717, 1.165) is 43.0 Å². The summed E-state index contributed by atoms with van der Waals surface area (Å²) in [6.45, 7) is 2.03. The van der Waals surface area contributed by atoms with Crippen LogP contribution < -0.4 is 10.2 Å². The van der Waals surface area contributed by atoms with Gasteiger partial charge in [-0.05, 0) is 54.8 Å². The van der Waals surface area contributed by atoms with Crippen molar-refractivity contribution in [2.24, 2.45) is 0 Å². The van der Waals surface area contributed by atoms with Gasteiger partial charge < -0.3 is 15.0 Å². The zero-order valence-electron chi connectivity index (χ0n) is 16.5. The van der Waals surface area contributed by atoms with E-state index < -0.39 is 5.97 Å². The predicted molar refractivity (Wildman–Crippen MR) is 113 cm³/mol. The minimum absolute atomic E-state index is 0.0922. The highest BCUT2D eigenvalue weighted by atomic mass is 16.5. The Kier molecular flexibility index (Phi) is 5.98. The van der Waals surface area contributed by atoms with Crippen LogP contribution in [0, 0.1) is 0 Å². The number of carbonyl (C=O) groups excluding carboxylic acids is 2. The third-order valence-corrected chi connectivity index (χ3v) is 4.91. The van der Waals surface area contributed by atoms with Crippen molar-refractivity contribution in [3.63, 3.8) is 0 Å². The lowest BCUT2D eigenvalue weighted by molar-refractivity contribution is 0.0464. The average Bonchev–Trinajstić information content (AvgIpc) is 3.34. The van der Waals surface area contributed by atoms with E-state index in [0.29, 0.717) is 5.56 Å². The Morgan fingerprint density at radius 1 is 0.900 bits per heavy atom. The molecule has 1 amide bonds. The average molecular weight is 402 g/mol. The molecule has 4 rings (SSSR count). The minimum atomic E-state index is -0.527. The number of hydrogen-bond donors (Lipinski definition) is 1. The van der Waals surface area contributed by atoms with Crippen LogP contribution in [0.25, 0.3) is 0 Å². The van der Waals surface area contributed by atoms with E-state index in [-0.39, 0.29) is 18.2 Å². The normalized spacial score (nSPS) is 13.1. The van der Waals surface area contributed by atoms with Crippen molar-refractivity contribution in [3.05, 3.63) is 83.6 Å². The lowest BCUT2D eigenvalue weighted by Gasteiger charge is -2.15. The van der Waals surface area contributed by atoms with Crippen LogP contribution in [0.2, 0.25) is 0 Å². The van der Waals surface area contributed by atoms with Gasteiger partial charge in [-0.3, -0.25) is 4.79 Å². The number of para-hydroxylation sites is 1. The summed E-state index contributed by atoms with van der Waals surface area (Å²) in [5.74, 6) is 0.0629. The highest BCUT2D eigenvalue weighted by Crippen LogP contribution is 2.17. The first-order valence-corrected chi connectivity index (χ1v) is 9.90. The second-order valence-corrected chi connectivity index (χ2v) is 7.06. The van der Waals surface area contributed by atoms with Crippen molar-refractivity contribution < 1.29 is 14.3 Å². The molecule has 0 atom stereocenters. The zero-order chi connectivity index (χ0) is 20.8. The first-order chi connectivity index (χ1) is 14.7. The van der Waals surface area contributed by atoms with Crippen LogP contribution in [0.4, 0.5) is 11.5 Å². The van der Waals surface area contributed by atoms with E-state index in [1.807, 2.05) is 30.3 Å². The van der Waals surface area contributed by atoms with Crippen LogP contribution in [0.3, 0.4) is 0 Å². The fourth-order valence-electron chi connectivity index (χ4n) is 3.25. The van der Waals surface area contributed by atoms with Gasteiger partial charge >= 0.3 is 5.97 Å². The maximum absolute atomic E-state index is 12.3. The van der Waals surface area contributed by atoms with Gasteiger partial charge in [0.05, 0.1) is 0 Å². The van der Waals surface area contributed by atoms with Crippen molar-refractivity contribution in [1.82, 2.24) is 10.2 Å². The van der Waals surface area contributed by atoms with Crippen LogP contribution in [0.15, 0.2) is 66.7 Å². The highest BCUT2D eigenvalue weighted by Gasteiger charge is 2.16. The molecule has 0 radical (unpaired) electrons. The van der Waals surface area contributed by atoms with Gasteiger partial charge in [0.15, 0.2) is 11.5 Å². The number of hydrogen-bond acceptors (Lipinski definition) is 6. The SMILES string of the molecule is O=C(Nc1ccccc1)c1ccc(COC(=O)c2ccc(N3CCCC3)nn2)cc1. The summed E-state index contributed by atoms with van der Waals surface area (Å²) in [6.07, 6.45) is 2.30. The number of nitrogens with zero attached hydrogens (tertiary/aromatic N) is 3. The number of benzene rings is 2. The number of esters is 1. The molecule has 1 aliphatic rings. The van der Waals surface area contributed by atoms with E-state index in [4.69, 9.17) is 4.74 Å². The van der Waals surface area contributed by atoms with E-state index in [2.05, 4.69) is 20.4 Å².